The molecule has 30 heavy (non-hydrogen) atoms. The summed E-state index contributed by atoms with van der Waals surface area (Å²) in [5, 5.41) is 4.47. The standard InChI is InChI=1S/C22H16FNO5S/c23-15-5-3-14(4-6-15)10-17(20-2-1-9-30-20)22(26)27-12-21(25)24-16-7-8-18-19(11-16)29-13-28-18/h1-11H,12-13H2,(H,24,25)/b17-10+. The Morgan fingerprint density at radius 2 is 1.90 bits per heavy atom. The summed E-state index contributed by atoms with van der Waals surface area (Å²) in [6.07, 6.45) is 1.60. The van der Waals surface area contributed by atoms with Crippen molar-refractivity contribution in [2.75, 3.05) is 18.7 Å². The molecule has 4 rings (SSSR count). The van der Waals surface area contributed by atoms with Gasteiger partial charge < -0.3 is 19.5 Å². The Morgan fingerprint density at radius 3 is 2.67 bits per heavy atom. The van der Waals surface area contributed by atoms with Gasteiger partial charge in [0, 0.05) is 16.6 Å². The minimum absolute atomic E-state index is 0.135. The van der Waals surface area contributed by atoms with Crippen molar-refractivity contribution in [3.8, 4) is 11.5 Å². The van der Waals surface area contributed by atoms with E-state index in [9.17, 15) is 14.0 Å². The minimum Gasteiger partial charge on any atom is -0.454 e. The van der Waals surface area contributed by atoms with Gasteiger partial charge in [0.05, 0.1) is 5.57 Å². The molecule has 0 spiro atoms. The van der Waals surface area contributed by atoms with Gasteiger partial charge in [0.2, 0.25) is 6.79 Å². The Hall–Kier alpha value is -3.65. The summed E-state index contributed by atoms with van der Waals surface area (Å²) in [6.45, 7) is -0.324. The summed E-state index contributed by atoms with van der Waals surface area (Å²) in [5.74, 6) is -0.373. The van der Waals surface area contributed by atoms with E-state index in [2.05, 4.69) is 5.32 Å². The predicted octanol–water partition coefficient (Wildman–Crippen LogP) is 4.34. The van der Waals surface area contributed by atoms with Crippen LogP contribution < -0.4 is 14.8 Å². The number of carbonyl (C=O) groups is 2. The van der Waals surface area contributed by atoms with Crippen LogP contribution in [-0.2, 0) is 14.3 Å². The number of hydrogen-bond donors (Lipinski definition) is 1. The first kappa shape index (κ1) is 19.7. The lowest BCUT2D eigenvalue weighted by molar-refractivity contribution is -0.141. The number of ether oxygens (including phenoxy) is 3. The molecule has 0 unspecified atom stereocenters. The van der Waals surface area contributed by atoms with Crippen molar-refractivity contribution < 1.29 is 28.2 Å². The fraction of sp³-hybridized carbons (Fsp3) is 0.0909. The first-order valence-corrected chi connectivity index (χ1v) is 9.84. The van der Waals surface area contributed by atoms with Gasteiger partial charge >= 0.3 is 5.97 Å². The van der Waals surface area contributed by atoms with Gasteiger partial charge in [-0.1, -0.05) is 18.2 Å². The first-order valence-electron chi connectivity index (χ1n) is 8.96. The molecular weight excluding hydrogens is 409 g/mol. The maximum atomic E-state index is 13.1. The number of hydrogen-bond acceptors (Lipinski definition) is 6. The summed E-state index contributed by atoms with van der Waals surface area (Å²) in [6, 6.07) is 14.3. The lowest BCUT2D eigenvalue weighted by Crippen LogP contribution is -2.21. The molecule has 0 fully saturated rings. The number of benzene rings is 2. The number of carbonyl (C=O) groups excluding carboxylic acids is 2. The highest BCUT2D eigenvalue weighted by Gasteiger charge is 2.18. The molecule has 6 nitrogen and oxygen atoms in total. The summed E-state index contributed by atoms with van der Waals surface area (Å²) >= 11 is 1.36. The summed E-state index contributed by atoms with van der Waals surface area (Å²) < 4.78 is 28.8. The number of fused-ring (bicyclic) bond motifs is 1. The van der Waals surface area contributed by atoms with Crippen LogP contribution in [-0.4, -0.2) is 25.3 Å². The molecule has 1 N–H and O–H groups in total. The topological polar surface area (TPSA) is 73.9 Å². The highest BCUT2D eigenvalue weighted by atomic mass is 32.1. The maximum absolute atomic E-state index is 13.1. The van der Waals surface area contributed by atoms with Crippen molar-refractivity contribution >= 4 is 40.5 Å². The molecule has 0 bridgehead atoms. The van der Waals surface area contributed by atoms with Gasteiger partial charge in [-0.05, 0) is 47.4 Å². The van der Waals surface area contributed by atoms with Gasteiger partial charge in [-0.25, -0.2) is 9.18 Å². The van der Waals surface area contributed by atoms with Crippen molar-refractivity contribution in [2.45, 2.75) is 0 Å². The predicted molar refractivity (Wildman–Crippen MR) is 111 cm³/mol. The lowest BCUT2D eigenvalue weighted by Gasteiger charge is -2.09. The second-order valence-electron chi connectivity index (χ2n) is 6.28. The summed E-state index contributed by atoms with van der Waals surface area (Å²) in [7, 11) is 0. The number of halogens is 1. The van der Waals surface area contributed by atoms with E-state index in [0.717, 1.165) is 0 Å². The highest BCUT2D eigenvalue weighted by Crippen LogP contribution is 2.34. The van der Waals surface area contributed by atoms with Crippen molar-refractivity contribution in [2.24, 2.45) is 0 Å². The molecular formula is C22H16FNO5S. The molecule has 1 aliphatic rings. The summed E-state index contributed by atoms with van der Waals surface area (Å²) in [5.41, 5.74) is 1.43. The van der Waals surface area contributed by atoms with E-state index >= 15 is 0 Å². The molecule has 1 amide bonds. The van der Waals surface area contributed by atoms with E-state index in [0.29, 0.717) is 27.6 Å². The van der Waals surface area contributed by atoms with Crippen LogP contribution in [0.5, 0.6) is 11.5 Å². The van der Waals surface area contributed by atoms with Crippen molar-refractivity contribution in [1.82, 2.24) is 0 Å². The molecule has 1 aromatic heterocycles. The third-order valence-corrected chi connectivity index (χ3v) is 5.08. The molecule has 3 aromatic rings. The fourth-order valence-corrected chi connectivity index (χ4v) is 3.50. The summed E-state index contributed by atoms with van der Waals surface area (Å²) in [4.78, 5) is 25.5. The Kier molecular flexibility index (Phi) is 5.76. The number of thiophene rings is 1. The van der Waals surface area contributed by atoms with Gasteiger partial charge in [0.25, 0.3) is 5.91 Å². The van der Waals surface area contributed by atoms with Crippen LogP contribution in [0.1, 0.15) is 10.4 Å². The lowest BCUT2D eigenvalue weighted by atomic mass is 10.1. The molecule has 2 aromatic carbocycles. The van der Waals surface area contributed by atoms with E-state index in [1.54, 1.807) is 48.5 Å². The SMILES string of the molecule is O=C(COC(=O)/C(=C/c1ccc(F)cc1)c1cccs1)Nc1ccc2c(c1)OCO2. The maximum Gasteiger partial charge on any atom is 0.340 e. The van der Waals surface area contributed by atoms with Gasteiger partial charge in [-0.3, -0.25) is 4.79 Å². The fourth-order valence-electron chi connectivity index (χ4n) is 2.77. The smallest absolute Gasteiger partial charge is 0.340 e. The van der Waals surface area contributed by atoms with Crippen molar-refractivity contribution in [3.63, 3.8) is 0 Å². The number of nitrogens with one attached hydrogen (secondary N) is 1. The number of rotatable bonds is 6. The normalized spacial score (nSPS) is 12.5. The van der Waals surface area contributed by atoms with Crippen LogP contribution >= 0.6 is 11.3 Å². The van der Waals surface area contributed by atoms with Crippen molar-refractivity contribution in [3.05, 3.63) is 76.2 Å². The van der Waals surface area contributed by atoms with Crippen LogP contribution in [0.25, 0.3) is 11.6 Å². The zero-order valence-corrected chi connectivity index (χ0v) is 16.4. The molecule has 152 valence electrons. The largest absolute Gasteiger partial charge is 0.454 e. The minimum atomic E-state index is -0.650. The van der Waals surface area contributed by atoms with Gasteiger partial charge in [-0.2, -0.15) is 0 Å². The second kappa shape index (κ2) is 8.79. The van der Waals surface area contributed by atoms with E-state index in [-0.39, 0.29) is 18.2 Å². The number of esters is 1. The van der Waals surface area contributed by atoms with Crippen LogP contribution in [0.3, 0.4) is 0 Å². The molecule has 0 atom stereocenters. The number of amides is 1. The number of anilines is 1. The zero-order chi connectivity index (χ0) is 20.9. The molecule has 0 saturated heterocycles. The molecule has 0 radical (unpaired) electrons. The van der Waals surface area contributed by atoms with Crippen LogP contribution in [0.2, 0.25) is 0 Å². The molecule has 0 saturated carbocycles. The van der Waals surface area contributed by atoms with Crippen LogP contribution in [0, 0.1) is 5.82 Å². The average molecular weight is 425 g/mol. The Bertz CT molecular complexity index is 1090. The average Bonchev–Trinajstić information content (AvgIpc) is 3.43. The van der Waals surface area contributed by atoms with Gasteiger partial charge in [0.15, 0.2) is 18.1 Å². The molecule has 0 aliphatic carbocycles. The molecule has 8 heteroatoms. The quantitative estimate of drug-likeness (QED) is 0.470. The van der Waals surface area contributed by atoms with Crippen LogP contribution in [0.15, 0.2) is 60.0 Å². The van der Waals surface area contributed by atoms with Gasteiger partial charge in [0.1, 0.15) is 5.82 Å². The van der Waals surface area contributed by atoms with Crippen LogP contribution in [0.4, 0.5) is 10.1 Å². The third-order valence-electron chi connectivity index (χ3n) is 4.18. The third kappa shape index (κ3) is 4.66. The second-order valence-corrected chi connectivity index (χ2v) is 7.23. The zero-order valence-electron chi connectivity index (χ0n) is 15.6. The first-order chi connectivity index (χ1) is 14.6. The Labute approximate surface area is 175 Å². The van der Waals surface area contributed by atoms with E-state index in [1.807, 2.05) is 5.38 Å². The molecule has 2 heterocycles. The monoisotopic (exact) mass is 425 g/mol. The molecule has 1 aliphatic heterocycles. The van der Waals surface area contributed by atoms with E-state index in [4.69, 9.17) is 14.2 Å². The van der Waals surface area contributed by atoms with E-state index in [1.165, 1.54) is 23.5 Å². The van der Waals surface area contributed by atoms with E-state index < -0.39 is 18.5 Å². The van der Waals surface area contributed by atoms with Crippen molar-refractivity contribution in [1.29, 1.82) is 0 Å². The van der Waals surface area contributed by atoms with Gasteiger partial charge in [-0.15, -0.1) is 11.3 Å². The highest BCUT2D eigenvalue weighted by molar-refractivity contribution is 7.11. The Balaban J connectivity index is 1.42. The Morgan fingerprint density at radius 1 is 1.10 bits per heavy atom.